The first kappa shape index (κ1) is 15.2. The molecule has 124 valence electrons. The third kappa shape index (κ3) is 2.90. The number of benzene rings is 1. The third-order valence-corrected chi connectivity index (χ3v) is 4.60. The molecule has 6 nitrogen and oxygen atoms in total. The normalized spacial score (nSPS) is 14.8. The first-order valence-electron chi connectivity index (χ1n) is 7.89. The van der Waals surface area contributed by atoms with Crippen molar-refractivity contribution in [2.75, 3.05) is 18.4 Å². The molecule has 3 heterocycles. The number of amides is 1. The highest BCUT2D eigenvalue weighted by Gasteiger charge is 2.22. The molecule has 2 N–H and O–H groups in total. The molecule has 1 aliphatic heterocycles. The lowest BCUT2D eigenvalue weighted by molar-refractivity contribution is -0.117. The SMILES string of the molecule is Cn1ccc(NC(=O)CN2CCc3[nH]c4ccc(Cl)cc4c3C2)n1. The van der Waals surface area contributed by atoms with Gasteiger partial charge in [-0.2, -0.15) is 5.10 Å². The zero-order valence-electron chi connectivity index (χ0n) is 13.3. The van der Waals surface area contributed by atoms with Crippen LogP contribution in [0.25, 0.3) is 10.9 Å². The van der Waals surface area contributed by atoms with E-state index >= 15 is 0 Å². The molecule has 4 rings (SSSR count). The van der Waals surface area contributed by atoms with Gasteiger partial charge < -0.3 is 10.3 Å². The molecule has 0 saturated heterocycles. The van der Waals surface area contributed by atoms with Gasteiger partial charge in [-0.15, -0.1) is 0 Å². The van der Waals surface area contributed by atoms with E-state index < -0.39 is 0 Å². The van der Waals surface area contributed by atoms with Crippen LogP contribution in [0, 0.1) is 0 Å². The number of aromatic amines is 1. The first-order chi connectivity index (χ1) is 11.6. The number of aryl methyl sites for hydroxylation is 1. The van der Waals surface area contributed by atoms with E-state index in [2.05, 4.69) is 20.3 Å². The second-order valence-corrected chi connectivity index (χ2v) is 6.59. The average Bonchev–Trinajstić information content (AvgIpc) is 3.10. The Kier molecular flexibility index (Phi) is 3.78. The molecular formula is C17H18ClN5O. The van der Waals surface area contributed by atoms with E-state index in [9.17, 15) is 4.79 Å². The number of hydrogen-bond donors (Lipinski definition) is 2. The van der Waals surface area contributed by atoms with Gasteiger partial charge in [-0.1, -0.05) is 11.6 Å². The molecule has 0 spiro atoms. The van der Waals surface area contributed by atoms with Gasteiger partial charge in [-0.05, 0) is 23.8 Å². The van der Waals surface area contributed by atoms with Crippen molar-refractivity contribution in [3.05, 3.63) is 46.7 Å². The Morgan fingerprint density at radius 3 is 3.08 bits per heavy atom. The molecule has 0 unspecified atom stereocenters. The van der Waals surface area contributed by atoms with E-state index in [0.29, 0.717) is 12.4 Å². The number of anilines is 1. The summed E-state index contributed by atoms with van der Waals surface area (Å²) < 4.78 is 1.67. The van der Waals surface area contributed by atoms with Crippen LogP contribution in [0.15, 0.2) is 30.5 Å². The van der Waals surface area contributed by atoms with Crippen molar-refractivity contribution < 1.29 is 4.79 Å². The van der Waals surface area contributed by atoms with Gasteiger partial charge in [0, 0.05) is 60.4 Å². The Hall–Kier alpha value is -2.31. The van der Waals surface area contributed by atoms with Gasteiger partial charge >= 0.3 is 0 Å². The van der Waals surface area contributed by atoms with Crippen molar-refractivity contribution in [1.29, 1.82) is 0 Å². The molecule has 24 heavy (non-hydrogen) atoms. The molecule has 2 aromatic heterocycles. The van der Waals surface area contributed by atoms with Crippen LogP contribution in [-0.2, 0) is 24.8 Å². The molecule has 0 fully saturated rings. The van der Waals surface area contributed by atoms with Gasteiger partial charge in [0.1, 0.15) is 0 Å². The van der Waals surface area contributed by atoms with E-state index in [-0.39, 0.29) is 5.91 Å². The maximum Gasteiger partial charge on any atom is 0.239 e. The highest BCUT2D eigenvalue weighted by Crippen LogP contribution is 2.29. The summed E-state index contributed by atoms with van der Waals surface area (Å²) in [6.07, 6.45) is 2.71. The van der Waals surface area contributed by atoms with Crippen molar-refractivity contribution in [2.45, 2.75) is 13.0 Å². The number of halogens is 1. The summed E-state index contributed by atoms with van der Waals surface area (Å²) in [7, 11) is 1.82. The minimum atomic E-state index is -0.0463. The quantitative estimate of drug-likeness (QED) is 0.768. The van der Waals surface area contributed by atoms with E-state index in [1.165, 1.54) is 11.3 Å². The Morgan fingerprint density at radius 2 is 2.29 bits per heavy atom. The lowest BCUT2D eigenvalue weighted by Crippen LogP contribution is -2.37. The molecule has 0 aliphatic carbocycles. The van der Waals surface area contributed by atoms with Crippen molar-refractivity contribution in [2.24, 2.45) is 7.05 Å². The second kappa shape index (κ2) is 5.96. The zero-order valence-corrected chi connectivity index (χ0v) is 14.1. The number of carbonyl (C=O) groups is 1. The Bertz CT molecular complexity index is 913. The summed E-state index contributed by atoms with van der Waals surface area (Å²) in [6.45, 7) is 1.94. The summed E-state index contributed by atoms with van der Waals surface area (Å²) in [5, 5.41) is 8.88. The fraction of sp³-hybridized carbons (Fsp3) is 0.294. The fourth-order valence-electron chi connectivity index (χ4n) is 3.24. The van der Waals surface area contributed by atoms with Crippen molar-refractivity contribution in [3.8, 4) is 0 Å². The molecule has 0 bridgehead atoms. The summed E-state index contributed by atoms with van der Waals surface area (Å²) in [4.78, 5) is 17.8. The molecule has 1 aromatic carbocycles. The summed E-state index contributed by atoms with van der Waals surface area (Å²) in [5.74, 6) is 0.536. The van der Waals surface area contributed by atoms with Crippen LogP contribution in [0.2, 0.25) is 5.02 Å². The summed E-state index contributed by atoms with van der Waals surface area (Å²) in [5.41, 5.74) is 3.59. The number of H-pyrrole nitrogens is 1. The molecule has 3 aromatic rings. The predicted octanol–water partition coefficient (Wildman–Crippen LogP) is 2.55. The number of fused-ring (bicyclic) bond motifs is 3. The van der Waals surface area contributed by atoms with Crippen molar-refractivity contribution in [3.63, 3.8) is 0 Å². The average molecular weight is 344 g/mol. The minimum absolute atomic E-state index is 0.0463. The zero-order chi connectivity index (χ0) is 16.7. The monoisotopic (exact) mass is 343 g/mol. The highest BCUT2D eigenvalue weighted by molar-refractivity contribution is 6.31. The van der Waals surface area contributed by atoms with Crippen molar-refractivity contribution >= 4 is 34.2 Å². The molecule has 1 aliphatic rings. The van der Waals surface area contributed by atoms with Crippen molar-refractivity contribution in [1.82, 2.24) is 19.7 Å². The highest BCUT2D eigenvalue weighted by atomic mass is 35.5. The Morgan fingerprint density at radius 1 is 1.42 bits per heavy atom. The number of hydrogen-bond acceptors (Lipinski definition) is 3. The van der Waals surface area contributed by atoms with Gasteiger partial charge in [0.25, 0.3) is 0 Å². The Balaban J connectivity index is 1.48. The number of nitrogens with zero attached hydrogens (tertiary/aromatic N) is 3. The largest absolute Gasteiger partial charge is 0.358 e. The van der Waals surface area contributed by atoms with E-state index in [4.69, 9.17) is 11.6 Å². The van der Waals surface area contributed by atoms with Crippen LogP contribution in [0.1, 0.15) is 11.3 Å². The second-order valence-electron chi connectivity index (χ2n) is 6.16. The fourth-order valence-corrected chi connectivity index (χ4v) is 3.42. The molecule has 0 saturated carbocycles. The standard InChI is InChI=1S/C17H18ClN5O/c1-22-6-5-16(21-22)20-17(24)10-23-7-4-15-13(9-23)12-8-11(18)2-3-14(12)19-15/h2-3,5-6,8,19H,4,7,9-10H2,1H3,(H,20,21,24). The molecular weight excluding hydrogens is 326 g/mol. The van der Waals surface area contributed by atoms with Gasteiger partial charge in [0.05, 0.1) is 6.54 Å². The number of nitrogens with one attached hydrogen (secondary N) is 2. The maximum absolute atomic E-state index is 12.2. The molecule has 0 atom stereocenters. The van der Waals surface area contributed by atoms with Crippen LogP contribution in [-0.4, -0.2) is 38.7 Å². The Labute approximate surface area is 144 Å². The molecule has 7 heteroatoms. The lowest BCUT2D eigenvalue weighted by Gasteiger charge is -2.26. The minimum Gasteiger partial charge on any atom is -0.358 e. The molecule has 0 radical (unpaired) electrons. The maximum atomic E-state index is 12.2. The van der Waals surface area contributed by atoms with Crippen LogP contribution < -0.4 is 5.32 Å². The van der Waals surface area contributed by atoms with Gasteiger partial charge in [0.15, 0.2) is 5.82 Å². The predicted molar refractivity (Wildman–Crippen MR) is 94.1 cm³/mol. The first-order valence-corrected chi connectivity index (χ1v) is 8.27. The van der Waals surface area contributed by atoms with Gasteiger partial charge in [-0.25, -0.2) is 0 Å². The van der Waals surface area contributed by atoms with E-state index in [0.717, 1.165) is 35.4 Å². The molecule has 1 amide bonds. The summed E-state index contributed by atoms with van der Waals surface area (Å²) in [6, 6.07) is 7.68. The smallest absolute Gasteiger partial charge is 0.239 e. The number of carbonyl (C=O) groups excluding carboxylic acids is 1. The summed E-state index contributed by atoms with van der Waals surface area (Å²) >= 11 is 6.13. The van der Waals surface area contributed by atoms with Crippen LogP contribution in [0.3, 0.4) is 0 Å². The number of aromatic nitrogens is 3. The third-order valence-electron chi connectivity index (χ3n) is 4.36. The number of rotatable bonds is 3. The van der Waals surface area contributed by atoms with Crippen LogP contribution >= 0.6 is 11.6 Å². The lowest BCUT2D eigenvalue weighted by atomic mass is 10.0. The van der Waals surface area contributed by atoms with E-state index in [1.807, 2.05) is 25.2 Å². The topological polar surface area (TPSA) is 66.0 Å². The van der Waals surface area contributed by atoms with Crippen LogP contribution in [0.5, 0.6) is 0 Å². The van der Waals surface area contributed by atoms with E-state index in [1.54, 1.807) is 16.9 Å². The van der Waals surface area contributed by atoms with Gasteiger partial charge in [-0.3, -0.25) is 14.4 Å². The van der Waals surface area contributed by atoms with Crippen LogP contribution in [0.4, 0.5) is 5.82 Å². The van der Waals surface area contributed by atoms with Gasteiger partial charge in [0.2, 0.25) is 5.91 Å².